The van der Waals surface area contributed by atoms with Gasteiger partial charge in [-0.15, -0.1) is 0 Å². The number of allylic oxidation sites excluding steroid dienone is 1. The van der Waals surface area contributed by atoms with Gasteiger partial charge in [0.05, 0.1) is 6.54 Å². The number of anilines is 2. The number of amides is 1. The van der Waals surface area contributed by atoms with Crippen LogP contribution >= 0.6 is 0 Å². The van der Waals surface area contributed by atoms with Gasteiger partial charge in [-0.25, -0.2) is 0 Å². The molecule has 182 valence electrons. The molecule has 0 unspecified atom stereocenters. The quantitative estimate of drug-likeness (QED) is 0.336. The molecule has 0 atom stereocenters. The number of hydrogen-bond donors (Lipinski definition) is 0. The number of nitrogens with zero attached hydrogens (tertiary/aromatic N) is 2. The molecule has 0 bridgehead atoms. The van der Waals surface area contributed by atoms with E-state index in [1.807, 2.05) is 11.0 Å². The molecular formula is C32H38N2O. The van der Waals surface area contributed by atoms with Crippen molar-refractivity contribution >= 4 is 22.9 Å². The highest BCUT2D eigenvalue weighted by molar-refractivity contribution is 5.95. The molecule has 1 amide bonds. The van der Waals surface area contributed by atoms with E-state index in [1.54, 1.807) is 0 Å². The molecule has 3 heteroatoms. The van der Waals surface area contributed by atoms with E-state index in [-0.39, 0.29) is 11.8 Å². The Morgan fingerprint density at radius 3 is 2.09 bits per heavy atom. The lowest BCUT2D eigenvalue weighted by Crippen LogP contribution is -2.36. The Morgan fingerprint density at radius 2 is 1.49 bits per heavy atom. The first-order valence-corrected chi connectivity index (χ1v) is 12.9. The van der Waals surface area contributed by atoms with Crippen LogP contribution in [0.3, 0.4) is 0 Å². The van der Waals surface area contributed by atoms with Crippen LogP contribution in [0.1, 0.15) is 56.6 Å². The third-order valence-corrected chi connectivity index (χ3v) is 7.22. The van der Waals surface area contributed by atoms with Crippen LogP contribution < -0.4 is 9.80 Å². The first-order valence-electron chi connectivity index (χ1n) is 12.9. The van der Waals surface area contributed by atoms with Gasteiger partial charge in [-0.1, -0.05) is 81.3 Å². The van der Waals surface area contributed by atoms with Crippen LogP contribution in [-0.2, 0) is 11.3 Å². The van der Waals surface area contributed by atoms with Gasteiger partial charge in [0.2, 0.25) is 5.91 Å². The van der Waals surface area contributed by atoms with E-state index < -0.39 is 0 Å². The minimum Gasteiger partial charge on any atom is -0.378 e. The molecule has 0 aliphatic heterocycles. The fourth-order valence-corrected chi connectivity index (χ4v) is 4.90. The van der Waals surface area contributed by atoms with Crippen molar-refractivity contribution in [1.82, 2.24) is 0 Å². The summed E-state index contributed by atoms with van der Waals surface area (Å²) in [4.78, 5) is 17.8. The molecule has 0 heterocycles. The highest BCUT2D eigenvalue weighted by Crippen LogP contribution is 2.31. The zero-order chi connectivity index (χ0) is 24.8. The van der Waals surface area contributed by atoms with Gasteiger partial charge in [0.15, 0.2) is 0 Å². The lowest BCUT2D eigenvalue weighted by Gasteiger charge is -2.30. The van der Waals surface area contributed by atoms with Crippen molar-refractivity contribution in [3.8, 4) is 11.1 Å². The van der Waals surface area contributed by atoms with E-state index >= 15 is 0 Å². The highest BCUT2D eigenvalue weighted by Gasteiger charge is 2.27. The van der Waals surface area contributed by atoms with Gasteiger partial charge < -0.3 is 9.80 Å². The number of rotatable bonds is 8. The monoisotopic (exact) mass is 466 g/mol. The fourth-order valence-electron chi connectivity index (χ4n) is 4.90. The fraction of sp³-hybridized carbons (Fsp3) is 0.344. The molecule has 1 fully saturated rings. The van der Waals surface area contributed by atoms with Crippen LogP contribution in [0.25, 0.3) is 16.7 Å². The van der Waals surface area contributed by atoms with E-state index in [9.17, 15) is 4.79 Å². The molecule has 3 aromatic carbocycles. The lowest BCUT2D eigenvalue weighted by molar-refractivity contribution is -0.123. The summed E-state index contributed by atoms with van der Waals surface area (Å²) in [6.45, 7) is 6.91. The molecular weight excluding hydrogens is 428 g/mol. The predicted octanol–water partition coefficient (Wildman–Crippen LogP) is 7.96. The molecule has 0 saturated heterocycles. The van der Waals surface area contributed by atoms with Gasteiger partial charge in [-0.2, -0.15) is 0 Å². The maximum Gasteiger partial charge on any atom is 0.230 e. The van der Waals surface area contributed by atoms with Gasteiger partial charge in [0.25, 0.3) is 0 Å². The number of benzene rings is 3. The van der Waals surface area contributed by atoms with Crippen molar-refractivity contribution in [3.05, 3.63) is 90.5 Å². The summed E-state index contributed by atoms with van der Waals surface area (Å²) in [5.41, 5.74) is 7.90. The molecule has 3 aromatic rings. The second-order valence-electron chi connectivity index (χ2n) is 9.90. The second kappa shape index (κ2) is 11.4. The first-order chi connectivity index (χ1) is 17.0. The topological polar surface area (TPSA) is 23.6 Å². The largest absolute Gasteiger partial charge is 0.378 e. The third kappa shape index (κ3) is 6.03. The number of hydrogen-bond acceptors (Lipinski definition) is 2. The standard InChI is InChI=1S/C32H38N2O/c1-5-24(2)29-12-9-13-31(22-29)34(32(35)28-10-7-6-8-11-28)23-25-14-16-26(17-15-25)27-18-20-30(21-19-27)33(3)4/h9,12-22,28H,2,5-8,10-11,23H2,1,3-4H3. The third-order valence-electron chi connectivity index (χ3n) is 7.22. The van der Waals surface area contributed by atoms with Crippen LogP contribution in [-0.4, -0.2) is 20.0 Å². The van der Waals surface area contributed by atoms with Crippen LogP contribution in [0.4, 0.5) is 11.4 Å². The van der Waals surface area contributed by atoms with Crippen molar-refractivity contribution in [2.24, 2.45) is 5.92 Å². The van der Waals surface area contributed by atoms with E-state index in [1.165, 1.54) is 23.2 Å². The summed E-state index contributed by atoms with van der Waals surface area (Å²) in [6.07, 6.45) is 6.44. The second-order valence-corrected chi connectivity index (χ2v) is 9.90. The zero-order valence-electron chi connectivity index (χ0n) is 21.5. The average Bonchev–Trinajstić information content (AvgIpc) is 2.92. The highest BCUT2D eigenvalue weighted by atomic mass is 16.2. The molecule has 35 heavy (non-hydrogen) atoms. The van der Waals surface area contributed by atoms with Crippen LogP contribution in [0.15, 0.2) is 79.4 Å². The summed E-state index contributed by atoms with van der Waals surface area (Å²) in [7, 11) is 4.11. The van der Waals surface area contributed by atoms with Crippen LogP contribution in [0.2, 0.25) is 0 Å². The van der Waals surface area contributed by atoms with Gasteiger partial charge in [-0.3, -0.25) is 4.79 Å². The van der Waals surface area contributed by atoms with Gasteiger partial charge >= 0.3 is 0 Å². The molecule has 4 rings (SSSR count). The normalized spacial score (nSPS) is 13.9. The van der Waals surface area contributed by atoms with E-state index in [0.29, 0.717) is 6.54 Å². The summed E-state index contributed by atoms with van der Waals surface area (Å²) in [5, 5.41) is 0. The van der Waals surface area contributed by atoms with E-state index in [0.717, 1.165) is 54.5 Å². The molecule has 3 nitrogen and oxygen atoms in total. The molecule has 0 radical (unpaired) electrons. The summed E-state index contributed by atoms with van der Waals surface area (Å²) in [6, 6.07) is 25.6. The van der Waals surface area contributed by atoms with E-state index in [2.05, 4.69) is 99.2 Å². The Balaban J connectivity index is 1.59. The molecule has 0 N–H and O–H groups in total. The van der Waals surface area contributed by atoms with E-state index in [4.69, 9.17) is 0 Å². The number of carbonyl (C=O) groups excluding carboxylic acids is 1. The van der Waals surface area contributed by atoms with Crippen LogP contribution in [0, 0.1) is 5.92 Å². The van der Waals surface area contributed by atoms with Gasteiger partial charge in [-0.05, 0) is 71.4 Å². The molecule has 1 aliphatic rings. The molecule has 0 spiro atoms. The maximum atomic E-state index is 13.7. The molecule has 1 aliphatic carbocycles. The lowest BCUT2D eigenvalue weighted by atomic mass is 9.88. The number of carbonyl (C=O) groups is 1. The van der Waals surface area contributed by atoms with Crippen molar-refractivity contribution in [1.29, 1.82) is 0 Å². The SMILES string of the molecule is C=C(CC)c1cccc(N(Cc2ccc(-c3ccc(N(C)C)cc3)cc2)C(=O)C2CCCCC2)c1. The van der Waals surface area contributed by atoms with Crippen molar-refractivity contribution in [3.63, 3.8) is 0 Å². The average molecular weight is 467 g/mol. The summed E-state index contributed by atoms with van der Waals surface area (Å²) in [5.74, 6) is 0.378. The van der Waals surface area contributed by atoms with Gasteiger partial charge in [0.1, 0.15) is 0 Å². The van der Waals surface area contributed by atoms with Crippen molar-refractivity contribution in [2.45, 2.75) is 52.0 Å². The maximum absolute atomic E-state index is 13.7. The summed E-state index contributed by atoms with van der Waals surface area (Å²) < 4.78 is 0. The van der Waals surface area contributed by atoms with Crippen LogP contribution in [0.5, 0.6) is 0 Å². The van der Waals surface area contributed by atoms with Gasteiger partial charge in [0, 0.05) is 31.4 Å². The zero-order valence-corrected chi connectivity index (χ0v) is 21.5. The minimum absolute atomic E-state index is 0.122. The van der Waals surface area contributed by atoms with Crippen molar-refractivity contribution in [2.75, 3.05) is 23.9 Å². The Hall–Kier alpha value is -3.33. The molecule has 1 saturated carbocycles. The molecule has 0 aromatic heterocycles. The summed E-state index contributed by atoms with van der Waals surface area (Å²) >= 11 is 0. The predicted molar refractivity (Wildman–Crippen MR) is 150 cm³/mol. The van der Waals surface area contributed by atoms with Crippen molar-refractivity contribution < 1.29 is 4.79 Å². The smallest absolute Gasteiger partial charge is 0.230 e. The minimum atomic E-state index is 0.122. The Morgan fingerprint density at radius 1 is 0.857 bits per heavy atom. The Bertz CT molecular complexity index is 1140. The first kappa shape index (κ1) is 24.8. The Labute approximate surface area is 211 Å². The Kier molecular flexibility index (Phi) is 8.07.